The number of aliphatic hydroxyl groups is 1. The van der Waals surface area contributed by atoms with E-state index in [0.717, 1.165) is 21.7 Å². The van der Waals surface area contributed by atoms with Crippen molar-refractivity contribution in [2.75, 3.05) is 20.6 Å². The van der Waals surface area contributed by atoms with Gasteiger partial charge >= 0.3 is 0 Å². The molecule has 2 N–H and O–H groups in total. The summed E-state index contributed by atoms with van der Waals surface area (Å²) in [6.45, 7) is 10.1. The van der Waals surface area contributed by atoms with Crippen molar-refractivity contribution in [3.05, 3.63) is 41.0 Å². The fourth-order valence-electron chi connectivity index (χ4n) is 4.72. The predicted octanol–water partition coefficient (Wildman–Crippen LogP) is 3.23. The van der Waals surface area contributed by atoms with Gasteiger partial charge in [-0.15, -0.1) is 11.3 Å². The van der Waals surface area contributed by atoms with E-state index in [-0.39, 0.29) is 36.2 Å². The average molecular weight is 473 g/mol. The largest absolute Gasteiger partial charge is 0.391 e. The summed E-state index contributed by atoms with van der Waals surface area (Å²) in [4.78, 5) is 35.5. The number of aromatic nitrogens is 1. The first-order valence-corrected chi connectivity index (χ1v) is 12.2. The van der Waals surface area contributed by atoms with Crippen molar-refractivity contribution in [1.29, 1.82) is 0 Å². The lowest BCUT2D eigenvalue weighted by Gasteiger charge is -2.38. The summed E-state index contributed by atoms with van der Waals surface area (Å²) < 4.78 is 0. The third-order valence-corrected chi connectivity index (χ3v) is 7.19. The molecule has 0 spiro atoms. The minimum atomic E-state index is -0.704. The number of benzene rings is 1. The normalized spacial score (nSPS) is 20.7. The van der Waals surface area contributed by atoms with Crippen molar-refractivity contribution in [2.45, 2.75) is 65.3 Å². The Morgan fingerprint density at radius 2 is 1.88 bits per heavy atom. The van der Waals surface area contributed by atoms with Crippen molar-refractivity contribution >= 4 is 23.2 Å². The van der Waals surface area contributed by atoms with E-state index in [9.17, 15) is 14.7 Å². The van der Waals surface area contributed by atoms with E-state index < -0.39 is 18.2 Å². The average Bonchev–Trinajstić information content (AvgIpc) is 3.32. The zero-order valence-electron chi connectivity index (χ0n) is 20.6. The molecule has 4 atom stereocenters. The molecule has 1 aromatic heterocycles. The van der Waals surface area contributed by atoms with Gasteiger partial charge in [-0.05, 0) is 44.5 Å². The number of aliphatic hydroxyl groups excluding tert-OH is 1. The van der Waals surface area contributed by atoms with Crippen LogP contribution in [0.1, 0.15) is 51.4 Å². The van der Waals surface area contributed by atoms with Crippen LogP contribution in [0.3, 0.4) is 0 Å². The van der Waals surface area contributed by atoms with Gasteiger partial charge in [0.25, 0.3) is 0 Å². The number of nitrogens with zero attached hydrogens (tertiary/aromatic N) is 3. The van der Waals surface area contributed by atoms with Crippen LogP contribution in [0.4, 0.5) is 0 Å². The SMILES string of the molecule is Cc1ncsc1-c1ccc([C@H](C)NC(=O)[C@@H]2C[C@@H](O)CN2C(=O)[C@@H](N(C)C)C(C)(C)C)cc1. The Balaban J connectivity index is 1.72. The number of hydrogen-bond donors (Lipinski definition) is 2. The Morgan fingerprint density at radius 1 is 1.24 bits per heavy atom. The summed E-state index contributed by atoms with van der Waals surface area (Å²) in [7, 11) is 3.74. The maximum Gasteiger partial charge on any atom is 0.243 e. The van der Waals surface area contributed by atoms with E-state index in [1.165, 1.54) is 0 Å². The third-order valence-electron chi connectivity index (χ3n) is 6.21. The molecule has 8 heteroatoms. The molecule has 1 aliphatic rings. The van der Waals surface area contributed by atoms with Gasteiger partial charge in [-0.2, -0.15) is 0 Å². The van der Waals surface area contributed by atoms with Gasteiger partial charge in [-0.1, -0.05) is 45.0 Å². The molecule has 0 bridgehead atoms. The quantitative estimate of drug-likeness (QED) is 0.674. The number of amides is 2. The molecule has 33 heavy (non-hydrogen) atoms. The van der Waals surface area contributed by atoms with Gasteiger partial charge in [0.2, 0.25) is 11.8 Å². The van der Waals surface area contributed by atoms with Crippen molar-refractivity contribution in [3.8, 4) is 10.4 Å². The highest BCUT2D eigenvalue weighted by molar-refractivity contribution is 7.13. The minimum absolute atomic E-state index is 0.124. The zero-order chi connectivity index (χ0) is 24.5. The molecule has 1 aliphatic heterocycles. The Labute approximate surface area is 200 Å². The van der Waals surface area contributed by atoms with Crippen molar-refractivity contribution in [3.63, 3.8) is 0 Å². The molecular formula is C25H36N4O3S. The summed E-state index contributed by atoms with van der Waals surface area (Å²) in [5.74, 6) is -0.359. The molecule has 2 amide bonds. The van der Waals surface area contributed by atoms with Gasteiger partial charge in [0.1, 0.15) is 6.04 Å². The van der Waals surface area contributed by atoms with Gasteiger partial charge in [-0.3, -0.25) is 14.5 Å². The number of carbonyl (C=O) groups excluding carboxylic acids is 2. The van der Waals surface area contributed by atoms with Crippen molar-refractivity contribution in [1.82, 2.24) is 20.1 Å². The number of likely N-dealkylation sites (tertiary alicyclic amines) is 1. The number of likely N-dealkylation sites (N-methyl/N-ethyl adjacent to an activating group) is 1. The first-order chi connectivity index (χ1) is 15.4. The Hall–Kier alpha value is -2.29. The minimum Gasteiger partial charge on any atom is -0.391 e. The molecule has 180 valence electrons. The Bertz CT molecular complexity index is 980. The van der Waals surface area contributed by atoms with Gasteiger partial charge in [0.05, 0.1) is 34.3 Å². The van der Waals surface area contributed by atoms with Crippen LogP contribution in [0.15, 0.2) is 29.8 Å². The fourth-order valence-corrected chi connectivity index (χ4v) is 5.54. The number of carbonyl (C=O) groups is 2. The van der Waals surface area contributed by atoms with Crippen LogP contribution in [-0.4, -0.2) is 70.5 Å². The molecule has 0 unspecified atom stereocenters. The summed E-state index contributed by atoms with van der Waals surface area (Å²) in [5, 5.41) is 13.3. The van der Waals surface area contributed by atoms with E-state index >= 15 is 0 Å². The highest BCUT2D eigenvalue weighted by Gasteiger charge is 2.44. The summed E-state index contributed by atoms with van der Waals surface area (Å²) in [6, 6.07) is 6.80. The molecule has 7 nitrogen and oxygen atoms in total. The van der Waals surface area contributed by atoms with Gasteiger partial charge in [-0.25, -0.2) is 4.98 Å². The monoisotopic (exact) mass is 472 g/mol. The van der Waals surface area contributed by atoms with Crippen molar-refractivity contribution in [2.24, 2.45) is 5.41 Å². The molecule has 2 heterocycles. The second kappa shape index (κ2) is 9.91. The molecule has 2 aromatic rings. The Morgan fingerprint density at radius 3 is 2.39 bits per heavy atom. The molecule has 1 saturated heterocycles. The summed E-state index contributed by atoms with van der Waals surface area (Å²) >= 11 is 1.61. The number of rotatable bonds is 6. The molecule has 0 radical (unpaired) electrons. The van der Waals surface area contributed by atoms with Crippen LogP contribution in [-0.2, 0) is 9.59 Å². The summed E-state index contributed by atoms with van der Waals surface area (Å²) in [6.07, 6.45) is -0.456. The van der Waals surface area contributed by atoms with E-state index in [0.29, 0.717) is 0 Å². The molecular weight excluding hydrogens is 436 g/mol. The van der Waals surface area contributed by atoms with Gasteiger partial charge in [0.15, 0.2) is 0 Å². The Kier molecular flexibility index (Phi) is 7.61. The highest BCUT2D eigenvalue weighted by atomic mass is 32.1. The molecule has 1 fully saturated rings. The lowest BCUT2D eigenvalue weighted by Crippen LogP contribution is -2.56. The highest BCUT2D eigenvalue weighted by Crippen LogP contribution is 2.30. The van der Waals surface area contributed by atoms with Crippen molar-refractivity contribution < 1.29 is 14.7 Å². The molecule has 0 aliphatic carbocycles. The van der Waals surface area contributed by atoms with Crippen LogP contribution in [0.25, 0.3) is 10.4 Å². The summed E-state index contributed by atoms with van der Waals surface area (Å²) in [5.41, 5.74) is 4.62. The third kappa shape index (κ3) is 5.62. The van der Waals surface area contributed by atoms with Crippen LogP contribution in [0, 0.1) is 12.3 Å². The van der Waals surface area contributed by atoms with Gasteiger partial charge < -0.3 is 15.3 Å². The zero-order valence-corrected chi connectivity index (χ0v) is 21.4. The lowest BCUT2D eigenvalue weighted by atomic mass is 9.85. The standard InChI is InChI=1S/C25H36N4O3S/c1-15(17-8-10-18(11-9-17)21-16(2)26-14-33-21)27-23(31)20-12-19(30)13-29(20)24(32)22(28(6)7)25(3,4)5/h8-11,14-15,19-20,22,30H,12-13H2,1-7H3,(H,27,31)/t15-,19+,20-,22+/m0/s1. The molecule has 3 rings (SSSR count). The van der Waals surface area contributed by atoms with Crippen LogP contribution < -0.4 is 5.32 Å². The van der Waals surface area contributed by atoms with E-state index in [1.807, 2.05) is 83.4 Å². The van der Waals surface area contributed by atoms with Gasteiger partial charge in [0, 0.05) is 13.0 Å². The first-order valence-electron chi connectivity index (χ1n) is 11.4. The number of thiazole rings is 1. The van der Waals surface area contributed by atoms with Crippen LogP contribution in [0.2, 0.25) is 0 Å². The van der Waals surface area contributed by atoms with Crippen LogP contribution in [0.5, 0.6) is 0 Å². The first kappa shape index (κ1) is 25.3. The predicted molar refractivity (Wildman–Crippen MR) is 132 cm³/mol. The smallest absolute Gasteiger partial charge is 0.243 e. The lowest BCUT2D eigenvalue weighted by molar-refractivity contribution is -0.145. The maximum atomic E-state index is 13.4. The van der Waals surface area contributed by atoms with E-state index in [1.54, 1.807) is 16.2 Å². The van der Waals surface area contributed by atoms with E-state index in [4.69, 9.17) is 0 Å². The number of aryl methyl sites for hydroxylation is 1. The van der Waals surface area contributed by atoms with Crippen LogP contribution >= 0.6 is 11.3 Å². The topological polar surface area (TPSA) is 85.8 Å². The second-order valence-electron chi connectivity index (χ2n) is 10.2. The molecule has 1 aromatic carbocycles. The number of hydrogen-bond acceptors (Lipinski definition) is 6. The second-order valence-corrected chi connectivity index (χ2v) is 11.1. The number of nitrogens with one attached hydrogen (secondary N) is 1. The fraction of sp³-hybridized carbons (Fsp3) is 0.560. The molecule has 0 saturated carbocycles. The maximum absolute atomic E-state index is 13.4. The number of β-amino-alcohol motifs (C(OH)–C–C–N with tert-alkyl or cyclic N) is 1. The van der Waals surface area contributed by atoms with E-state index in [2.05, 4.69) is 10.3 Å².